The lowest BCUT2D eigenvalue weighted by Crippen LogP contribution is -2.31. The lowest BCUT2D eigenvalue weighted by atomic mass is 10.0. The number of benzene rings is 1. The second kappa shape index (κ2) is 8.20. The van der Waals surface area contributed by atoms with Gasteiger partial charge in [-0.2, -0.15) is 0 Å². The molecule has 2 aliphatic heterocycles. The molecule has 6 heteroatoms. The number of hydrogen-bond donors (Lipinski definition) is 1. The van der Waals surface area contributed by atoms with Crippen molar-refractivity contribution in [3.8, 4) is 0 Å². The van der Waals surface area contributed by atoms with Crippen molar-refractivity contribution in [2.24, 2.45) is 0 Å². The molecule has 0 amide bonds. The molecular formula is C24H26N4OS. The minimum Gasteiger partial charge on any atom is -0.376 e. The molecule has 154 valence electrons. The zero-order chi connectivity index (χ0) is 20.5. The fourth-order valence-corrected chi connectivity index (χ4v) is 4.93. The Morgan fingerprint density at radius 3 is 2.87 bits per heavy atom. The van der Waals surface area contributed by atoms with Gasteiger partial charge in [0.15, 0.2) is 5.11 Å². The van der Waals surface area contributed by atoms with Crippen LogP contribution < -0.4 is 10.2 Å². The summed E-state index contributed by atoms with van der Waals surface area (Å²) in [6, 6.07) is 18.9. The van der Waals surface area contributed by atoms with Crippen LogP contribution in [0, 0.1) is 6.92 Å². The van der Waals surface area contributed by atoms with E-state index in [0.29, 0.717) is 0 Å². The average Bonchev–Trinajstić information content (AvgIpc) is 3.49. The highest BCUT2D eigenvalue weighted by atomic mass is 32.1. The van der Waals surface area contributed by atoms with Crippen molar-refractivity contribution in [3.05, 3.63) is 83.9 Å². The van der Waals surface area contributed by atoms with Gasteiger partial charge in [0.05, 0.1) is 17.8 Å². The quantitative estimate of drug-likeness (QED) is 0.616. The highest BCUT2D eigenvalue weighted by molar-refractivity contribution is 7.80. The standard InChI is InChI=1S/C24H26N4OS/c1-17-7-4-8-18(15-17)28-23(22(26-24(28)30)20-10-2-3-12-25-20)21-11-5-13-27(21)16-19-9-6-14-29-19/h2-5,7-8,10-13,15,19,22-23H,6,9,14,16H2,1H3,(H,26,30)/t19-,22-,23-/m0/s1. The maximum atomic E-state index is 5.92. The first-order valence-corrected chi connectivity index (χ1v) is 11.0. The molecule has 5 rings (SSSR count). The summed E-state index contributed by atoms with van der Waals surface area (Å²) in [6.45, 7) is 3.84. The molecule has 0 radical (unpaired) electrons. The predicted octanol–water partition coefficient (Wildman–Crippen LogP) is 4.55. The molecule has 0 unspecified atom stereocenters. The van der Waals surface area contributed by atoms with Crippen molar-refractivity contribution in [2.45, 2.75) is 44.5 Å². The number of aryl methyl sites for hydroxylation is 1. The zero-order valence-corrected chi connectivity index (χ0v) is 17.9. The van der Waals surface area contributed by atoms with Crippen molar-refractivity contribution in [1.82, 2.24) is 14.9 Å². The Morgan fingerprint density at radius 1 is 1.17 bits per heavy atom. The van der Waals surface area contributed by atoms with E-state index in [2.05, 4.69) is 75.4 Å². The van der Waals surface area contributed by atoms with Crippen LogP contribution in [0.5, 0.6) is 0 Å². The van der Waals surface area contributed by atoms with E-state index in [4.69, 9.17) is 17.0 Å². The molecular weight excluding hydrogens is 392 g/mol. The van der Waals surface area contributed by atoms with Crippen LogP contribution >= 0.6 is 12.2 Å². The number of thiocarbonyl (C=S) groups is 1. The first-order valence-electron chi connectivity index (χ1n) is 10.5. The topological polar surface area (TPSA) is 42.3 Å². The zero-order valence-electron chi connectivity index (χ0n) is 17.1. The van der Waals surface area contributed by atoms with Crippen LogP contribution in [0.2, 0.25) is 0 Å². The normalized spacial score (nSPS) is 23.7. The van der Waals surface area contributed by atoms with Gasteiger partial charge >= 0.3 is 0 Å². The number of rotatable bonds is 5. The summed E-state index contributed by atoms with van der Waals surface area (Å²) in [4.78, 5) is 6.89. The van der Waals surface area contributed by atoms with Gasteiger partial charge in [-0.25, -0.2) is 0 Å². The van der Waals surface area contributed by atoms with Gasteiger partial charge < -0.3 is 19.5 Å². The van der Waals surface area contributed by atoms with Crippen LogP contribution in [0.15, 0.2) is 67.0 Å². The van der Waals surface area contributed by atoms with Gasteiger partial charge in [0.2, 0.25) is 0 Å². The lowest BCUT2D eigenvalue weighted by molar-refractivity contribution is 0.0961. The molecule has 0 spiro atoms. The minimum absolute atomic E-state index is 0.00519. The van der Waals surface area contributed by atoms with Crippen LogP contribution in [-0.2, 0) is 11.3 Å². The molecule has 2 saturated heterocycles. The van der Waals surface area contributed by atoms with Gasteiger partial charge in [-0.15, -0.1) is 0 Å². The van der Waals surface area contributed by atoms with E-state index < -0.39 is 0 Å². The summed E-state index contributed by atoms with van der Waals surface area (Å²) in [5, 5.41) is 4.28. The van der Waals surface area contributed by atoms with Crippen molar-refractivity contribution in [3.63, 3.8) is 0 Å². The molecule has 3 aromatic rings. The fourth-order valence-electron chi connectivity index (χ4n) is 4.58. The summed E-state index contributed by atoms with van der Waals surface area (Å²) < 4.78 is 8.24. The van der Waals surface area contributed by atoms with Gasteiger partial charge in [-0.3, -0.25) is 4.98 Å². The number of ether oxygens (including phenoxy) is 1. The van der Waals surface area contributed by atoms with Crippen molar-refractivity contribution >= 4 is 23.0 Å². The van der Waals surface area contributed by atoms with Gasteiger partial charge in [0, 0.05) is 36.9 Å². The molecule has 30 heavy (non-hydrogen) atoms. The summed E-state index contributed by atoms with van der Waals surface area (Å²) in [6.07, 6.45) is 6.53. The third kappa shape index (κ3) is 3.61. The van der Waals surface area contributed by atoms with E-state index in [0.717, 1.165) is 42.5 Å². The van der Waals surface area contributed by atoms with Crippen LogP contribution in [0.1, 0.15) is 41.9 Å². The molecule has 1 aromatic carbocycles. The summed E-state index contributed by atoms with van der Waals surface area (Å²) >= 11 is 5.83. The maximum absolute atomic E-state index is 5.92. The van der Waals surface area contributed by atoms with Crippen LogP contribution in [0.4, 0.5) is 5.69 Å². The number of hydrogen-bond acceptors (Lipinski definition) is 3. The molecule has 0 aliphatic carbocycles. The minimum atomic E-state index is -0.0302. The lowest BCUT2D eigenvalue weighted by Gasteiger charge is -2.29. The van der Waals surface area contributed by atoms with E-state index in [1.165, 1.54) is 11.3 Å². The SMILES string of the molecule is Cc1cccc(N2C(=S)N[C@@H](c3ccccn3)[C@@H]2c2cccn2C[C@@H]2CCCO2)c1. The molecule has 2 fully saturated rings. The van der Waals surface area contributed by atoms with Crippen molar-refractivity contribution in [1.29, 1.82) is 0 Å². The van der Waals surface area contributed by atoms with E-state index in [1.54, 1.807) is 0 Å². The third-order valence-corrected chi connectivity index (χ3v) is 6.28. The Labute approximate surface area is 182 Å². The van der Waals surface area contributed by atoms with E-state index in [-0.39, 0.29) is 18.2 Å². The van der Waals surface area contributed by atoms with E-state index >= 15 is 0 Å². The Bertz CT molecular complexity index is 1030. The van der Waals surface area contributed by atoms with E-state index in [1.807, 2.05) is 18.3 Å². The van der Waals surface area contributed by atoms with Crippen molar-refractivity contribution < 1.29 is 4.74 Å². The molecule has 2 aromatic heterocycles. The number of aromatic nitrogens is 2. The Balaban J connectivity index is 1.58. The Morgan fingerprint density at radius 2 is 2.10 bits per heavy atom. The average molecular weight is 419 g/mol. The summed E-state index contributed by atoms with van der Waals surface area (Å²) in [7, 11) is 0. The van der Waals surface area contributed by atoms with Gasteiger partial charge in [-0.1, -0.05) is 18.2 Å². The first kappa shape index (κ1) is 19.3. The second-order valence-electron chi connectivity index (χ2n) is 8.06. The second-order valence-corrected chi connectivity index (χ2v) is 8.44. The van der Waals surface area contributed by atoms with Gasteiger partial charge in [0.25, 0.3) is 0 Å². The van der Waals surface area contributed by atoms with Crippen LogP contribution in [-0.4, -0.2) is 27.4 Å². The largest absolute Gasteiger partial charge is 0.376 e. The predicted molar refractivity (Wildman–Crippen MR) is 123 cm³/mol. The number of nitrogens with zero attached hydrogens (tertiary/aromatic N) is 3. The molecule has 2 aliphatic rings. The first-order chi connectivity index (χ1) is 14.7. The highest BCUT2D eigenvalue weighted by Gasteiger charge is 2.42. The smallest absolute Gasteiger partial charge is 0.174 e. The monoisotopic (exact) mass is 418 g/mol. The highest BCUT2D eigenvalue weighted by Crippen LogP contribution is 2.41. The molecule has 4 heterocycles. The molecule has 0 saturated carbocycles. The molecule has 1 N–H and O–H groups in total. The number of anilines is 1. The molecule has 0 bridgehead atoms. The fraction of sp³-hybridized carbons (Fsp3) is 0.333. The maximum Gasteiger partial charge on any atom is 0.174 e. The van der Waals surface area contributed by atoms with E-state index in [9.17, 15) is 0 Å². The molecule has 5 nitrogen and oxygen atoms in total. The Hall–Kier alpha value is -2.70. The number of nitrogens with one attached hydrogen (secondary N) is 1. The third-order valence-electron chi connectivity index (χ3n) is 5.97. The van der Waals surface area contributed by atoms with Gasteiger partial charge in [-0.05, 0) is 73.9 Å². The Kier molecular flexibility index (Phi) is 5.27. The summed E-state index contributed by atoms with van der Waals surface area (Å²) in [5.74, 6) is 0. The van der Waals surface area contributed by atoms with Crippen LogP contribution in [0.25, 0.3) is 0 Å². The van der Waals surface area contributed by atoms with Gasteiger partial charge in [0.1, 0.15) is 6.04 Å². The summed E-state index contributed by atoms with van der Waals surface area (Å²) in [5.41, 5.74) is 4.52. The molecule has 3 atom stereocenters. The van der Waals surface area contributed by atoms with Crippen molar-refractivity contribution in [2.75, 3.05) is 11.5 Å². The van der Waals surface area contributed by atoms with Crippen LogP contribution in [0.3, 0.4) is 0 Å². The number of pyridine rings is 1.